The van der Waals surface area contributed by atoms with Crippen LogP contribution >= 0.6 is 22.6 Å². The van der Waals surface area contributed by atoms with Gasteiger partial charge in [-0.25, -0.2) is 0 Å². The minimum Gasteiger partial charge on any atom is -0.376 e. The molecule has 0 spiro atoms. The van der Waals surface area contributed by atoms with Crippen molar-refractivity contribution in [2.45, 2.75) is 52.4 Å². The monoisotopic (exact) mass is 362 g/mol. The molecule has 0 amide bonds. The maximum absolute atomic E-state index is 5.66. The molecule has 1 heterocycles. The second-order valence-corrected chi connectivity index (χ2v) is 6.32. The maximum Gasteiger partial charge on any atom is 0.0683 e. The predicted molar refractivity (Wildman–Crippen MR) is 88.4 cm³/mol. The smallest absolute Gasteiger partial charge is 0.0683 e. The van der Waals surface area contributed by atoms with Crippen LogP contribution < -0.4 is 0 Å². The molecule has 0 N–H and O–H groups in total. The first-order chi connectivity index (χ1) is 8.69. The number of hydrogen-bond acceptors (Lipinski definition) is 1. The van der Waals surface area contributed by atoms with E-state index in [2.05, 4.69) is 43.0 Å². The van der Waals surface area contributed by atoms with Gasteiger partial charge in [-0.05, 0) is 31.8 Å². The van der Waals surface area contributed by atoms with Gasteiger partial charge >= 0.3 is 0 Å². The Morgan fingerprint density at radius 1 is 1.39 bits per heavy atom. The number of ether oxygens (including phenoxy) is 1. The molecule has 18 heavy (non-hydrogen) atoms. The van der Waals surface area contributed by atoms with Crippen LogP contribution in [0.25, 0.3) is 0 Å². The summed E-state index contributed by atoms with van der Waals surface area (Å²) in [7, 11) is 0. The first-order valence-corrected chi connectivity index (χ1v) is 8.70. The molecule has 1 aliphatic heterocycles. The molecule has 0 aromatic rings. The number of halogens is 1. The summed E-state index contributed by atoms with van der Waals surface area (Å²) in [4.78, 5) is 0. The van der Waals surface area contributed by atoms with Gasteiger partial charge in [0.2, 0.25) is 0 Å². The Morgan fingerprint density at radius 2 is 2.17 bits per heavy atom. The molecule has 0 radical (unpaired) electrons. The third kappa shape index (κ3) is 5.43. The van der Waals surface area contributed by atoms with Gasteiger partial charge in [-0.3, -0.25) is 0 Å². The highest BCUT2D eigenvalue weighted by Gasteiger charge is 2.23. The molecule has 104 valence electrons. The Hall–Kier alpha value is 0.170. The van der Waals surface area contributed by atoms with E-state index < -0.39 is 0 Å². The van der Waals surface area contributed by atoms with Gasteiger partial charge in [-0.1, -0.05) is 66.5 Å². The van der Waals surface area contributed by atoms with Gasteiger partial charge in [0.25, 0.3) is 0 Å². The first kappa shape index (κ1) is 16.2. The third-order valence-corrected chi connectivity index (χ3v) is 4.62. The lowest BCUT2D eigenvalue weighted by Crippen LogP contribution is -2.06. The quantitative estimate of drug-likeness (QED) is 0.246. The van der Waals surface area contributed by atoms with Gasteiger partial charge in [0.1, 0.15) is 0 Å². The van der Waals surface area contributed by atoms with Crippen LogP contribution in [0.1, 0.15) is 52.4 Å². The van der Waals surface area contributed by atoms with E-state index >= 15 is 0 Å². The molecular weight excluding hydrogens is 335 g/mol. The average Bonchev–Trinajstić information content (AvgIpc) is 2.80. The molecule has 0 aliphatic carbocycles. The lowest BCUT2D eigenvalue weighted by molar-refractivity contribution is 0.192. The van der Waals surface area contributed by atoms with E-state index in [0.717, 1.165) is 19.6 Å². The van der Waals surface area contributed by atoms with E-state index in [1.807, 2.05) is 0 Å². The van der Waals surface area contributed by atoms with Gasteiger partial charge in [-0.15, -0.1) is 0 Å². The van der Waals surface area contributed by atoms with Crippen LogP contribution in [-0.4, -0.2) is 17.6 Å². The van der Waals surface area contributed by atoms with Crippen molar-refractivity contribution in [2.24, 2.45) is 5.92 Å². The lowest BCUT2D eigenvalue weighted by atomic mass is 9.91. The fraction of sp³-hybridized carbons (Fsp3) is 0.750. The highest BCUT2D eigenvalue weighted by molar-refractivity contribution is 14.1. The molecular formula is C16H27IO. The molecule has 1 atom stereocenters. The zero-order chi connectivity index (χ0) is 13.4. The summed E-state index contributed by atoms with van der Waals surface area (Å²) < 4.78 is 6.84. The summed E-state index contributed by atoms with van der Waals surface area (Å²) in [5, 5.41) is 0. The zero-order valence-corrected chi connectivity index (χ0v) is 14.1. The van der Waals surface area contributed by atoms with Crippen molar-refractivity contribution in [1.29, 1.82) is 0 Å². The molecule has 1 unspecified atom stereocenters. The number of unbranched alkanes of at least 4 members (excludes halogenated alkanes) is 3. The second-order valence-electron chi connectivity index (χ2n) is 5.44. The van der Waals surface area contributed by atoms with E-state index in [9.17, 15) is 0 Å². The van der Waals surface area contributed by atoms with Crippen LogP contribution in [0, 0.1) is 5.92 Å². The zero-order valence-electron chi connectivity index (χ0n) is 11.9. The third-order valence-electron chi connectivity index (χ3n) is 3.56. The standard InChI is InChI=1S/C16H27IO/c1-4-5-6-7-8-14(9-13(2)3)16-12-18-11-15(16)10-17/h15H,2,4-12H2,1,3H3/b16-14+. The predicted octanol–water partition coefficient (Wildman–Crippen LogP) is 5.30. The van der Waals surface area contributed by atoms with Crippen molar-refractivity contribution < 1.29 is 4.74 Å². The summed E-state index contributed by atoms with van der Waals surface area (Å²) >= 11 is 2.49. The first-order valence-electron chi connectivity index (χ1n) is 7.17. The number of alkyl halides is 1. The molecule has 1 fully saturated rings. The molecule has 1 rings (SSSR count). The van der Waals surface area contributed by atoms with Crippen LogP contribution in [-0.2, 0) is 4.74 Å². The molecule has 0 bridgehead atoms. The minimum absolute atomic E-state index is 0.658. The SMILES string of the molecule is C=C(C)C/C(CCCCCC)=C1\COCC1CI. The fourth-order valence-corrected chi connectivity index (χ4v) is 3.34. The molecule has 0 saturated carbocycles. The Balaban J connectivity index is 2.64. The number of rotatable bonds is 8. The summed E-state index contributed by atoms with van der Waals surface area (Å²) in [5.74, 6) is 0.658. The highest BCUT2D eigenvalue weighted by Crippen LogP contribution is 2.30. The summed E-state index contributed by atoms with van der Waals surface area (Å²) in [6.45, 7) is 10.3. The van der Waals surface area contributed by atoms with E-state index in [1.165, 1.54) is 42.1 Å². The van der Waals surface area contributed by atoms with Crippen molar-refractivity contribution in [1.82, 2.24) is 0 Å². The maximum atomic E-state index is 5.66. The Bertz CT molecular complexity index is 293. The number of hydrogen-bond donors (Lipinski definition) is 0. The van der Waals surface area contributed by atoms with Crippen molar-refractivity contribution in [3.63, 3.8) is 0 Å². The van der Waals surface area contributed by atoms with Crippen molar-refractivity contribution >= 4 is 22.6 Å². The van der Waals surface area contributed by atoms with Crippen LogP contribution in [0.3, 0.4) is 0 Å². The van der Waals surface area contributed by atoms with E-state index in [-0.39, 0.29) is 0 Å². The second kappa shape index (κ2) is 9.13. The summed E-state index contributed by atoms with van der Waals surface area (Å²) in [6.07, 6.45) is 7.69. The van der Waals surface area contributed by atoms with Crippen molar-refractivity contribution in [2.75, 3.05) is 17.6 Å². The molecule has 1 nitrogen and oxygen atoms in total. The van der Waals surface area contributed by atoms with Crippen LogP contribution in [0.4, 0.5) is 0 Å². The van der Waals surface area contributed by atoms with Gasteiger partial charge in [0.05, 0.1) is 13.2 Å². The van der Waals surface area contributed by atoms with Crippen molar-refractivity contribution in [3.05, 3.63) is 23.3 Å². The van der Waals surface area contributed by atoms with E-state index in [4.69, 9.17) is 4.74 Å². The molecule has 0 aromatic heterocycles. The molecule has 0 aromatic carbocycles. The molecule has 1 saturated heterocycles. The number of allylic oxidation sites excluding steroid dienone is 2. The van der Waals surface area contributed by atoms with Crippen LogP contribution in [0.15, 0.2) is 23.3 Å². The van der Waals surface area contributed by atoms with E-state index in [1.54, 1.807) is 11.1 Å². The van der Waals surface area contributed by atoms with Gasteiger partial charge in [0, 0.05) is 10.3 Å². The van der Waals surface area contributed by atoms with Crippen molar-refractivity contribution in [3.8, 4) is 0 Å². The summed E-state index contributed by atoms with van der Waals surface area (Å²) in [6, 6.07) is 0. The van der Waals surface area contributed by atoms with Gasteiger partial charge in [0.15, 0.2) is 0 Å². The topological polar surface area (TPSA) is 9.23 Å². The van der Waals surface area contributed by atoms with Crippen LogP contribution in [0.5, 0.6) is 0 Å². The van der Waals surface area contributed by atoms with Gasteiger partial charge < -0.3 is 4.74 Å². The Labute approximate surface area is 126 Å². The molecule has 2 heteroatoms. The highest BCUT2D eigenvalue weighted by atomic mass is 127. The van der Waals surface area contributed by atoms with E-state index in [0.29, 0.717) is 5.92 Å². The normalized spacial score (nSPS) is 22.3. The average molecular weight is 362 g/mol. The lowest BCUT2D eigenvalue weighted by Gasteiger charge is -2.15. The van der Waals surface area contributed by atoms with Crippen LogP contribution in [0.2, 0.25) is 0 Å². The van der Waals surface area contributed by atoms with Gasteiger partial charge in [-0.2, -0.15) is 0 Å². The largest absolute Gasteiger partial charge is 0.376 e. The Kier molecular flexibility index (Phi) is 8.23. The Morgan fingerprint density at radius 3 is 2.78 bits per heavy atom. The molecule has 1 aliphatic rings. The summed E-state index contributed by atoms with van der Waals surface area (Å²) in [5.41, 5.74) is 4.49. The minimum atomic E-state index is 0.658. The fourth-order valence-electron chi connectivity index (χ4n) is 2.55.